The third-order valence-corrected chi connectivity index (χ3v) is 6.44. The number of rotatable bonds is 7. The second kappa shape index (κ2) is 10.7. The number of nitrogens with zero attached hydrogens (tertiary/aromatic N) is 3. The van der Waals surface area contributed by atoms with Crippen LogP contribution in [0.4, 0.5) is 0 Å². The Morgan fingerprint density at radius 3 is 2.65 bits per heavy atom. The average molecular weight is 466 g/mol. The van der Waals surface area contributed by atoms with E-state index in [0.29, 0.717) is 50.3 Å². The van der Waals surface area contributed by atoms with Gasteiger partial charge in [0.05, 0.1) is 13.7 Å². The van der Waals surface area contributed by atoms with Crippen LogP contribution in [-0.2, 0) is 22.5 Å². The maximum Gasteiger partial charge on any atom is 0.343 e. The summed E-state index contributed by atoms with van der Waals surface area (Å²) in [5.74, 6) is -0.181. The minimum atomic E-state index is -0.518. The summed E-state index contributed by atoms with van der Waals surface area (Å²) in [6, 6.07) is 11.5. The topological polar surface area (TPSA) is 81.1 Å². The van der Waals surface area contributed by atoms with E-state index in [1.54, 1.807) is 16.5 Å². The van der Waals surface area contributed by atoms with Gasteiger partial charge in [0.2, 0.25) is 5.91 Å². The zero-order chi connectivity index (χ0) is 24.1. The van der Waals surface area contributed by atoms with Crippen LogP contribution < -0.4 is 10.3 Å². The highest BCUT2D eigenvalue weighted by Crippen LogP contribution is 2.26. The normalized spacial score (nSPS) is 18.7. The van der Waals surface area contributed by atoms with Crippen LogP contribution in [0.25, 0.3) is 6.08 Å². The minimum absolute atomic E-state index is 0.0245. The van der Waals surface area contributed by atoms with Crippen molar-refractivity contribution in [2.75, 3.05) is 46.9 Å². The van der Waals surface area contributed by atoms with Crippen molar-refractivity contribution in [2.45, 2.75) is 19.4 Å². The quantitative estimate of drug-likeness (QED) is 0.583. The Hall–Kier alpha value is -3.39. The molecular weight excluding hydrogens is 434 g/mol. The fourth-order valence-corrected chi connectivity index (χ4v) is 4.59. The molecule has 3 heterocycles. The fraction of sp³-hybridized carbons (Fsp3) is 0.423. The number of ether oxygens (including phenoxy) is 2. The number of pyridine rings is 1. The van der Waals surface area contributed by atoms with Gasteiger partial charge in [-0.3, -0.25) is 14.5 Å². The number of amides is 1. The Labute approximate surface area is 199 Å². The van der Waals surface area contributed by atoms with E-state index >= 15 is 0 Å². The van der Waals surface area contributed by atoms with Crippen molar-refractivity contribution in [2.24, 2.45) is 5.92 Å². The first kappa shape index (κ1) is 23.8. The zero-order valence-corrected chi connectivity index (χ0v) is 19.7. The van der Waals surface area contributed by atoms with Gasteiger partial charge in [-0.25, -0.2) is 4.79 Å². The molecule has 2 aliphatic heterocycles. The molecular formula is C26H31N3O5. The standard InChI is InChI=1S/C26H31N3O5/c1-27-17-20(15-23(27)30)18-34-22-16-24(31)29-14-13-28(11-6-9-19-7-4-3-5-8-19)12-10-21(29)25(22)26(32)33-2/h3-9,16,20H,10-15,17-18H2,1-2H3/b9-6+. The second-order valence-electron chi connectivity index (χ2n) is 8.83. The molecule has 1 atom stereocenters. The number of carbonyl (C=O) groups is 2. The Morgan fingerprint density at radius 2 is 1.94 bits per heavy atom. The molecule has 1 amide bonds. The lowest BCUT2D eigenvalue weighted by atomic mass is 10.1. The van der Waals surface area contributed by atoms with Gasteiger partial charge in [-0.05, 0) is 5.56 Å². The molecule has 0 saturated carbocycles. The van der Waals surface area contributed by atoms with Gasteiger partial charge in [0, 0.05) is 70.3 Å². The van der Waals surface area contributed by atoms with E-state index in [1.807, 2.05) is 18.2 Å². The Morgan fingerprint density at radius 1 is 1.15 bits per heavy atom. The van der Waals surface area contributed by atoms with Gasteiger partial charge in [0.15, 0.2) is 0 Å². The SMILES string of the molecule is COC(=O)c1c(OCC2CC(=O)N(C)C2)cc(=O)n2c1CCN(C/C=C/c1ccccc1)CC2. The molecule has 0 aliphatic carbocycles. The summed E-state index contributed by atoms with van der Waals surface area (Å²) in [5.41, 5.74) is 1.89. The number of esters is 1. The minimum Gasteiger partial charge on any atom is -0.492 e. The van der Waals surface area contributed by atoms with Crippen molar-refractivity contribution in [1.82, 2.24) is 14.4 Å². The largest absolute Gasteiger partial charge is 0.492 e. The Bertz CT molecular complexity index is 1130. The Kier molecular flexibility index (Phi) is 7.47. The first-order valence-electron chi connectivity index (χ1n) is 11.6. The zero-order valence-electron chi connectivity index (χ0n) is 19.7. The molecule has 1 aromatic heterocycles. The van der Waals surface area contributed by atoms with Crippen molar-refractivity contribution in [3.63, 3.8) is 0 Å². The first-order valence-corrected chi connectivity index (χ1v) is 11.6. The molecule has 0 N–H and O–H groups in total. The molecule has 8 nitrogen and oxygen atoms in total. The number of hydrogen-bond acceptors (Lipinski definition) is 6. The molecule has 1 unspecified atom stereocenters. The molecule has 8 heteroatoms. The number of fused-ring (bicyclic) bond motifs is 1. The molecule has 0 radical (unpaired) electrons. The summed E-state index contributed by atoms with van der Waals surface area (Å²) in [6.07, 6.45) is 5.13. The van der Waals surface area contributed by atoms with Crippen LogP contribution in [-0.4, -0.2) is 73.2 Å². The van der Waals surface area contributed by atoms with Crippen LogP contribution in [0.15, 0.2) is 47.3 Å². The van der Waals surface area contributed by atoms with E-state index in [0.717, 1.165) is 12.1 Å². The van der Waals surface area contributed by atoms with E-state index < -0.39 is 5.97 Å². The van der Waals surface area contributed by atoms with E-state index in [-0.39, 0.29) is 29.7 Å². The van der Waals surface area contributed by atoms with Crippen LogP contribution in [0.2, 0.25) is 0 Å². The average Bonchev–Trinajstić information content (AvgIpc) is 3.02. The fourth-order valence-electron chi connectivity index (χ4n) is 4.59. The molecule has 180 valence electrons. The van der Waals surface area contributed by atoms with Crippen molar-refractivity contribution < 1.29 is 19.1 Å². The number of hydrogen-bond donors (Lipinski definition) is 0. The molecule has 1 aromatic carbocycles. The number of aromatic nitrogens is 1. The maximum atomic E-state index is 12.9. The third-order valence-electron chi connectivity index (χ3n) is 6.44. The predicted octanol–water partition coefficient (Wildman–Crippen LogP) is 2.06. The molecule has 34 heavy (non-hydrogen) atoms. The number of carbonyl (C=O) groups excluding carboxylic acids is 2. The highest BCUT2D eigenvalue weighted by Gasteiger charge is 2.29. The van der Waals surface area contributed by atoms with E-state index in [1.165, 1.54) is 13.2 Å². The molecule has 0 bridgehead atoms. The maximum absolute atomic E-state index is 12.9. The van der Waals surface area contributed by atoms with Gasteiger partial charge < -0.3 is 18.9 Å². The van der Waals surface area contributed by atoms with Gasteiger partial charge in [0.25, 0.3) is 5.56 Å². The van der Waals surface area contributed by atoms with Gasteiger partial charge in [0.1, 0.15) is 11.3 Å². The predicted molar refractivity (Wildman–Crippen MR) is 129 cm³/mol. The molecule has 2 aromatic rings. The summed E-state index contributed by atoms with van der Waals surface area (Å²) < 4.78 is 12.7. The van der Waals surface area contributed by atoms with Crippen molar-refractivity contribution in [3.8, 4) is 5.75 Å². The highest BCUT2D eigenvalue weighted by molar-refractivity contribution is 5.93. The van der Waals surface area contributed by atoms with Gasteiger partial charge in [-0.2, -0.15) is 0 Å². The lowest BCUT2D eigenvalue weighted by Gasteiger charge is -2.18. The summed E-state index contributed by atoms with van der Waals surface area (Å²) in [6.45, 7) is 3.50. The number of likely N-dealkylation sites (tertiary alicyclic amines) is 1. The molecule has 4 rings (SSSR count). The summed E-state index contributed by atoms with van der Waals surface area (Å²) in [5, 5.41) is 0. The summed E-state index contributed by atoms with van der Waals surface area (Å²) in [4.78, 5) is 41.4. The van der Waals surface area contributed by atoms with Crippen LogP contribution in [0.3, 0.4) is 0 Å². The molecule has 1 fully saturated rings. The smallest absolute Gasteiger partial charge is 0.343 e. The highest BCUT2D eigenvalue weighted by atomic mass is 16.5. The lowest BCUT2D eigenvalue weighted by Crippen LogP contribution is -2.29. The van der Waals surface area contributed by atoms with Crippen molar-refractivity contribution >= 4 is 18.0 Å². The van der Waals surface area contributed by atoms with Crippen LogP contribution in [0.5, 0.6) is 5.75 Å². The Balaban J connectivity index is 1.51. The van der Waals surface area contributed by atoms with Gasteiger partial charge in [-0.1, -0.05) is 42.5 Å². The molecule has 2 aliphatic rings. The number of benzene rings is 1. The van der Waals surface area contributed by atoms with Gasteiger partial charge in [-0.15, -0.1) is 0 Å². The third kappa shape index (κ3) is 5.39. The van der Waals surface area contributed by atoms with Crippen molar-refractivity contribution in [1.29, 1.82) is 0 Å². The van der Waals surface area contributed by atoms with Crippen LogP contribution in [0, 0.1) is 5.92 Å². The van der Waals surface area contributed by atoms with Crippen molar-refractivity contribution in [3.05, 3.63) is 69.6 Å². The molecule has 0 spiro atoms. The first-order chi connectivity index (χ1) is 16.5. The number of methoxy groups -OCH3 is 1. The monoisotopic (exact) mass is 465 g/mol. The van der Waals surface area contributed by atoms with E-state index in [9.17, 15) is 14.4 Å². The van der Waals surface area contributed by atoms with E-state index in [4.69, 9.17) is 9.47 Å². The van der Waals surface area contributed by atoms with Gasteiger partial charge >= 0.3 is 5.97 Å². The molecule has 1 saturated heterocycles. The van der Waals surface area contributed by atoms with Crippen LogP contribution in [0.1, 0.15) is 28.0 Å². The summed E-state index contributed by atoms with van der Waals surface area (Å²) >= 11 is 0. The van der Waals surface area contributed by atoms with Crippen LogP contribution >= 0.6 is 0 Å². The summed E-state index contributed by atoms with van der Waals surface area (Å²) in [7, 11) is 3.09. The van der Waals surface area contributed by atoms with E-state index in [2.05, 4.69) is 29.2 Å². The lowest BCUT2D eigenvalue weighted by molar-refractivity contribution is -0.126. The second-order valence-corrected chi connectivity index (χ2v) is 8.83.